The van der Waals surface area contributed by atoms with Gasteiger partial charge < -0.3 is 4.48 Å². The number of quaternary nitrogens is 1. The largest absolute Gasteiger partial charge is 0.322 e. The molecule has 1 aliphatic heterocycles. The van der Waals surface area contributed by atoms with Crippen molar-refractivity contribution in [1.29, 1.82) is 0 Å². The lowest BCUT2D eigenvalue weighted by atomic mass is 10.1. The molecule has 0 unspecified atom stereocenters. The van der Waals surface area contributed by atoms with Gasteiger partial charge in [-0.2, -0.15) is 0 Å². The van der Waals surface area contributed by atoms with Crippen molar-refractivity contribution in [2.75, 3.05) is 20.1 Å². The highest BCUT2D eigenvalue weighted by atomic mass is 15.3. The van der Waals surface area contributed by atoms with Crippen molar-refractivity contribution >= 4 is 0 Å². The molecule has 1 heterocycles. The van der Waals surface area contributed by atoms with Crippen LogP contribution in [-0.4, -0.2) is 24.6 Å². The van der Waals surface area contributed by atoms with Gasteiger partial charge in [0.15, 0.2) is 0 Å². The molecule has 0 N–H and O–H groups in total. The van der Waals surface area contributed by atoms with E-state index in [0.29, 0.717) is 0 Å². The molecule has 1 aromatic carbocycles. The quantitative estimate of drug-likeness (QED) is 0.649. The second-order valence-corrected chi connectivity index (χ2v) is 5.27. The Kier molecular flexibility index (Phi) is 3.11. The van der Waals surface area contributed by atoms with Crippen LogP contribution in [0.5, 0.6) is 0 Å². The first-order valence-corrected chi connectivity index (χ1v) is 6.07. The minimum absolute atomic E-state index is 1.21. The highest BCUT2D eigenvalue weighted by molar-refractivity contribution is 5.20. The molecule has 2 rings (SSSR count). The maximum atomic E-state index is 2.40. The minimum atomic E-state index is 1.21. The molecule has 1 saturated heterocycles. The first kappa shape index (κ1) is 10.7. The van der Waals surface area contributed by atoms with Crippen LogP contribution in [0, 0.1) is 6.92 Å². The number of hydrogen-bond donors (Lipinski definition) is 0. The van der Waals surface area contributed by atoms with Crippen molar-refractivity contribution in [3.63, 3.8) is 0 Å². The predicted octanol–water partition coefficient (Wildman–Crippen LogP) is 3.13. The van der Waals surface area contributed by atoms with Crippen molar-refractivity contribution in [3.8, 4) is 0 Å². The van der Waals surface area contributed by atoms with Gasteiger partial charge in [-0.3, -0.25) is 0 Å². The highest BCUT2D eigenvalue weighted by Gasteiger charge is 2.24. The average Bonchev–Trinajstić information content (AvgIpc) is 2.22. The monoisotopic (exact) mass is 204 g/mol. The highest BCUT2D eigenvalue weighted by Crippen LogP contribution is 2.20. The van der Waals surface area contributed by atoms with E-state index < -0.39 is 0 Å². The van der Waals surface area contributed by atoms with E-state index in [1.165, 1.54) is 54.5 Å². The third-order valence-corrected chi connectivity index (χ3v) is 3.58. The number of hydrogen-bond acceptors (Lipinski definition) is 0. The van der Waals surface area contributed by atoms with Gasteiger partial charge >= 0.3 is 0 Å². The van der Waals surface area contributed by atoms with Crippen LogP contribution >= 0.6 is 0 Å². The van der Waals surface area contributed by atoms with Gasteiger partial charge in [-0.05, 0) is 26.2 Å². The van der Waals surface area contributed by atoms with E-state index in [4.69, 9.17) is 0 Å². The summed E-state index contributed by atoms with van der Waals surface area (Å²) in [6.45, 7) is 6.07. The Hall–Kier alpha value is -0.820. The number of likely N-dealkylation sites (tertiary alicyclic amines) is 1. The fourth-order valence-corrected chi connectivity index (χ4v) is 2.57. The number of aryl methyl sites for hydroxylation is 1. The summed E-state index contributed by atoms with van der Waals surface area (Å²) in [5, 5.41) is 0. The number of piperidine rings is 1. The van der Waals surface area contributed by atoms with Crippen LogP contribution in [0.2, 0.25) is 0 Å². The molecule has 0 spiro atoms. The van der Waals surface area contributed by atoms with Crippen molar-refractivity contribution in [1.82, 2.24) is 0 Å². The molecule has 0 bridgehead atoms. The molecule has 0 radical (unpaired) electrons. The first-order chi connectivity index (χ1) is 7.18. The molecule has 1 fully saturated rings. The molecule has 15 heavy (non-hydrogen) atoms. The van der Waals surface area contributed by atoms with Gasteiger partial charge in [-0.15, -0.1) is 0 Å². The molecule has 1 nitrogen and oxygen atoms in total. The topological polar surface area (TPSA) is 0 Å². The van der Waals surface area contributed by atoms with Crippen LogP contribution in [0.15, 0.2) is 24.3 Å². The fraction of sp³-hybridized carbons (Fsp3) is 0.571. The molecular formula is C14H22N+. The van der Waals surface area contributed by atoms with E-state index in [0.717, 1.165) is 0 Å². The summed E-state index contributed by atoms with van der Waals surface area (Å²) < 4.78 is 1.24. The van der Waals surface area contributed by atoms with Gasteiger partial charge in [0, 0.05) is 5.56 Å². The van der Waals surface area contributed by atoms with E-state index in [2.05, 4.69) is 38.2 Å². The maximum absolute atomic E-state index is 2.40. The summed E-state index contributed by atoms with van der Waals surface area (Å²) >= 11 is 0. The summed E-state index contributed by atoms with van der Waals surface area (Å²) in [7, 11) is 2.40. The Balaban J connectivity index is 2.03. The van der Waals surface area contributed by atoms with Crippen molar-refractivity contribution in [3.05, 3.63) is 35.4 Å². The zero-order valence-corrected chi connectivity index (χ0v) is 10.00. The molecular weight excluding hydrogens is 182 g/mol. The van der Waals surface area contributed by atoms with Crippen LogP contribution in [0.3, 0.4) is 0 Å². The fourth-order valence-electron chi connectivity index (χ4n) is 2.57. The lowest BCUT2D eigenvalue weighted by Gasteiger charge is -2.37. The zero-order valence-electron chi connectivity index (χ0n) is 10.00. The molecule has 0 aromatic heterocycles. The number of nitrogens with zero attached hydrogens (tertiary/aromatic N) is 1. The molecule has 0 amide bonds. The van der Waals surface area contributed by atoms with Crippen molar-refractivity contribution in [2.45, 2.75) is 32.7 Å². The van der Waals surface area contributed by atoms with Crippen LogP contribution in [0.4, 0.5) is 0 Å². The lowest BCUT2D eigenvalue weighted by molar-refractivity contribution is -0.926. The second kappa shape index (κ2) is 4.36. The minimum Gasteiger partial charge on any atom is -0.322 e. The predicted molar refractivity (Wildman–Crippen MR) is 64.7 cm³/mol. The second-order valence-electron chi connectivity index (χ2n) is 5.27. The normalized spacial score (nSPS) is 20.1. The van der Waals surface area contributed by atoms with E-state index in [9.17, 15) is 0 Å². The van der Waals surface area contributed by atoms with E-state index in [1.54, 1.807) is 0 Å². The van der Waals surface area contributed by atoms with Crippen LogP contribution in [-0.2, 0) is 6.54 Å². The van der Waals surface area contributed by atoms with Gasteiger partial charge in [0.2, 0.25) is 0 Å². The van der Waals surface area contributed by atoms with E-state index in [1.807, 2.05) is 0 Å². The molecule has 1 aromatic rings. The van der Waals surface area contributed by atoms with Crippen molar-refractivity contribution < 1.29 is 4.48 Å². The van der Waals surface area contributed by atoms with Crippen LogP contribution in [0.25, 0.3) is 0 Å². The molecule has 0 atom stereocenters. The van der Waals surface area contributed by atoms with Crippen LogP contribution in [0.1, 0.15) is 30.4 Å². The zero-order chi connectivity index (χ0) is 10.7. The Morgan fingerprint density at radius 2 is 1.60 bits per heavy atom. The van der Waals surface area contributed by atoms with Gasteiger partial charge in [0.1, 0.15) is 6.54 Å². The number of benzene rings is 1. The third kappa shape index (κ3) is 2.82. The molecule has 82 valence electrons. The van der Waals surface area contributed by atoms with Crippen LogP contribution < -0.4 is 0 Å². The Morgan fingerprint density at radius 3 is 2.20 bits per heavy atom. The average molecular weight is 204 g/mol. The molecule has 0 saturated carbocycles. The van der Waals surface area contributed by atoms with Gasteiger partial charge in [-0.25, -0.2) is 0 Å². The maximum Gasteiger partial charge on any atom is 0.104 e. The lowest BCUT2D eigenvalue weighted by Crippen LogP contribution is -2.46. The summed E-state index contributed by atoms with van der Waals surface area (Å²) in [6.07, 6.45) is 4.24. The summed E-state index contributed by atoms with van der Waals surface area (Å²) in [5.41, 5.74) is 2.85. The SMILES string of the molecule is Cc1ccc(C[N+]2(C)CCCCC2)cc1. The molecule has 1 heteroatoms. The summed E-state index contributed by atoms with van der Waals surface area (Å²) in [6, 6.07) is 9.03. The standard InChI is InChI=1S/C14H22N/c1-13-6-8-14(9-7-13)12-15(2)10-4-3-5-11-15/h6-9H,3-5,10-12H2,1-2H3/q+1. The van der Waals surface area contributed by atoms with Gasteiger partial charge in [0.05, 0.1) is 20.1 Å². The third-order valence-electron chi connectivity index (χ3n) is 3.58. The Morgan fingerprint density at radius 1 is 1.00 bits per heavy atom. The Labute approximate surface area is 93.3 Å². The van der Waals surface area contributed by atoms with E-state index >= 15 is 0 Å². The van der Waals surface area contributed by atoms with Crippen molar-refractivity contribution in [2.24, 2.45) is 0 Å². The first-order valence-electron chi connectivity index (χ1n) is 6.07. The summed E-state index contributed by atoms with van der Waals surface area (Å²) in [4.78, 5) is 0. The molecule has 0 aliphatic carbocycles. The number of rotatable bonds is 2. The van der Waals surface area contributed by atoms with E-state index in [-0.39, 0.29) is 0 Å². The van der Waals surface area contributed by atoms with Gasteiger partial charge in [0.25, 0.3) is 0 Å². The Bertz CT molecular complexity index is 307. The van der Waals surface area contributed by atoms with Gasteiger partial charge in [-0.1, -0.05) is 29.8 Å². The summed E-state index contributed by atoms with van der Waals surface area (Å²) in [5.74, 6) is 0. The smallest absolute Gasteiger partial charge is 0.104 e. The molecule has 1 aliphatic rings.